The van der Waals surface area contributed by atoms with Crippen molar-refractivity contribution in [3.8, 4) is 26.8 Å². The quantitative estimate of drug-likeness (QED) is 0.467. The van der Waals surface area contributed by atoms with Gasteiger partial charge in [0.25, 0.3) is 0 Å². The van der Waals surface area contributed by atoms with Crippen LogP contribution in [0.2, 0.25) is 0 Å². The third kappa shape index (κ3) is 5.36. The monoisotopic (exact) mass is 476 g/mol. The van der Waals surface area contributed by atoms with Gasteiger partial charge in [0.15, 0.2) is 0 Å². The summed E-state index contributed by atoms with van der Waals surface area (Å²) >= 11 is 1.32. The van der Waals surface area contributed by atoms with Crippen molar-refractivity contribution in [3.05, 3.63) is 59.8 Å². The molecule has 2 heterocycles. The van der Waals surface area contributed by atoms with Crippen molar-refractivity contribution in [1.29, 1.82) is 0 Å². The van der Waals surface area contributed by atoms with Crippen molar-refractivity contribution in [2.24, 2.45) is 5.92 Å². The SMILES string of the molecule is CC(C)Oc1ccc(-c2cnc(-c3ccc(CN4CC(C(=O)O)C4)cc3)s2)cc1C(F)(F)F. The molecule has 0 saturated carbocycles. The van der Waals surface area contributed by atoms with E-state index in [0.717, 1.165) is 17.2 Å². The van der Waals surface area contributed by atoms with E-state index in [1.54, 1.807) is 26.1 Å². The number of benzene rings is 2. The Kier molecular flexibility index (Phi) is 6.45. The van der Waals surface area contributed by atoms with Gasteiger partial charge >= 0.3 is 12.1 Å². The minimum Gasteiger partial charge on any atom is -0.490 e. The molecule has 0 bridgehead atoms. The van der Waals surface area contributed by atoms with Gasteiger partial charge in [-0.15, -0.1) is 11.3 Å². The number of alkyl halides is 3. The van der Waals surface area contributed by atoms with Crippen LogP contribution >= 0.6 is 11.3 Å². The van der Waals surface area contributed by atoms with Crippen LogP contribution in [0.25, 0.3) is 21.0 Å². The van der Waals surface area contributed by atoms with Crippen LogP contribution in [0.5, 0.6) is 5.75 Å². The summed E-state index contributed by atoms with van der Waals surface area (Å²) in [6, 6.07) is 11.9. The van der Waals surface area contributed by atoms with E-state index < -0.39 is 17.7 Å². The maximum absolute atomic E-state index is 13.6. The molecule has 0 unspecified atom stereocenters. The smallest absolute Gasteiger partial charge is 0.419 e. The van der Waals surface area contributed by atoms with Crippen LogP contribution in [0.3, 0.4) is 0 Å². The average molecular weight is 477 g/mol. The number of nitrogens with zero attached hydrogens (tertiary/aromatic N) is 2. The van der Waals surface area contributed by atoms with Gasteiger partial charge in [-0.1, -0.05) is 24.3 Å². The third-order valence-corrected chi connectivity index (χ3v) is 6.45. The summed E-state index contributed by atoms with van der Waals surface area (Å²) in [6.45, 7) is 5.15. The van der Waals surface area contributed by atoms with E-state index in [1.165, 1.54) is 17.4 Å². The zero-order chi connectivity index (χ0) is 23.8. The second kappa shape index (κ2) is 9.15. The van der Waals surface area contributed by atoms with Crippen LogP contribution in [-0.2, 0) is 17.5 Å². The summed E-state index contributed by atoms with van der Waals surface area (Å²) in [4.78, 5) is 18.0. The molecule has 1 aliphatic rings. The minimum atomic E-state index is -4.52. The van der Waals surface area contributed by atoms with Gasteiger partial charge in [0.05, 0.1) is 22.5 Å². The number of aromatic nitrogens is 1. The molecule has 1 aliphatic heterocycles. The van der Waals surface area contributed by atoms with Crippen LogP contribution in [0.4, 0.5) is 13.2 Å². The Morgan fingerprint density at radius 1 is 1.18 bits per heavy atom. The van der Waals surface area contributed by atoms with Gasteiger partial charge in [-0.25, -0.2) is 4.98 Å². The highest BCUT2D eigenvalue weighted by molar-refractivity contribution is 7.18. The van der Waals surface area contributed by atoms with Gasteiger partial charge in [0, 0.05) is 31.4 Å². The molecule has 3 aromatic rings. The second-order valence-electron chi connectivity index (χ2n) is 8.33. The van der Waals surface area contributed by atoms with Crippen LogP contribution in [-0.4, -0.2) is 40.2 Å². The van der Waals surface area contributed by atoms with E-state index >= 15 is 0 Å². The van der Waals surface area contributed by atoms with Crippen LogP contribution in [0, 0.1) is 5.92 Å². The first-order valence-electron chi connectivity index (χ1n) is 10.5. The zero-order valence-corrected chi connectivity index (χ0v) is 18.9. The molecule has 0 aliphatic carbocycles. The van der Waals surface area contributed by atoms with Crippen molar-refractivity contribution in [1.82, 2.24) is 9.88 Å². The van der Waals surface area contributed by atoms with Crippen molar-refractivity contribution in [2.75, 3.05) is 13.1 Å². The highest BCUT2D eigenvalue weighted by atomic mass is 32.1. The number of likely N-dealkylation sites (tertiary alicyclic amines) is 1. The predicted molar refractivity (Wildman–Crippen MR) is 120 cm³/mol. The summed E-state index contributed by atoms with van der Waals surface area (Å²) in [5.41, 5.74) is 1.57. The highest BCUT2D eigenvalue weighted by Crippen LogP contribution is 2.41. The lowest BCUT2D eigenvalue weighted by atomic mass is 9.99. The predicted octanol–water partition coefficient (Wildman–Crippen LogP) is 5.80. The number of carboxylic acids is 1. The first-order chi connectivity index (χ1) is 15.6. The first-order valence-corrected chi connectivity index (χ1v) is 11.3. The lowest BCUT2D eigenvalue weighted by Gasteiger charge is -2.36. The van der Waals surface area contributed by atoms with Crippen molar-refractivity contribution in [2.45, 2.75) is 32.7 Å². The minimum absolute atomic E-state index is 0.182. The van der Waals surface area contributed by atoms with Gasteiger partial charge < -0.3 is 9.84 Å². The molecule has 0 amide bonds. The Morgan fingerprint density at radius 3 is 2.45 bits per heavy atom. The maximum Gasteiger partial charge on any atom is 0.419 e. The molecule has 1 aromatic heterocycles. The zero-order valence-electron chi connectivity index (χ0n) is 18.1. The lowest BCUT2D eigenvalue weighted by Crippen LogP contribution is -2.49. The summed E-state index contributed by atoms with van der Waals surface area (Å²) in [6.07, 6.45) is -3.31. The summed E-state index contributed by atoms with van der Waals surface area (Å²) in [7, 11) is 0. The molecule has 0 radical (unpaired) electrons. The maximum atomic E-state index is 13.6. The van der Waals surface area contributed by atoms with E-state index in [2.05, 4.69) is 9.88 Å². The molecular weight excluding hydrogens is 453 g/mol. The number of aliphatic carboxylic acids is 1. The van der Waals surface area contributed by atoms with E-state index in [0.29, 0.717) is 35.1 Å². The van der Waals surface area contributed by atoms with Gasteiger partial charge in [0.1, 0.15) is 10.8 Å². The number of ether oxygens (including phenoxy) is 1. The van der Waals surface area contributed by atoms with E-state index in [4.69, 9.17) is 9.84 Å². The Morgan fingerprint density at radius 2 is 1.85 bits per heavy atom. The van der Waals surface area contributed by atoms with E-state index in [9.17, 15) is 18.0 Å². The number of thiazole rings is 1. The first kappa shape index (κ1) is 23.3. The molecule has 0 spiro atoms. The molecule has 1 saturated heterocycles. The van der Waals surface area contributed by atoms with E-state index in [1.807, 2.05) is 24.3 Å². The molecule has 9 heteroatoms. The Bertz CT molecular complexity index is 1140. The van der Waals surface area contributed by atoms with Gasteiger partial charge in [-0.2, -0.15) is 13.2 Å². The largest absolute Gasteiger partial charge is 0.490 e. The Hall–Kier alpha value is -2.91. The highest BCUT2D eigenvalue weighted by Gasteiger charge is 2.35. The molecule has 0 atom stereocenters. The van der Waals surface area contributed by atoms with Crippen molar-refractivity contribution in [3.63, 3.8) is 0 Å². The number of hydrogen-bond donors (Lipinski definition) is 1. The Labute approximate surface area is 193 Å². The fourth-order valence-corrected chi connectivity index (χ4v) is 4.59. The van der Waals surface area contributed by atoms with Gasteiger partial charge in [-0.3, -0.25) is 9.69 Å². The molecular formula is C24H23F3N2O3S. The van der Waals surface area contributed by atoms with Crippen LogP contribution < -0.4 is 4.74 Å². The van der Waals surface area contributed by atoms with Gasteiger partial charge in [-0.05, 0) is 43.2 Å². The fraction of sp³-hybridized carbons (Fsp3) is 0.333. The summed E-state index contributed by atoms with van der Waals surface area (Å²) in [5, 5.41) is 9.68. The standard InChI is InChI=1S/C24H23F3N2O3S/c1-14(2)32-20-8-7-17(9-19(20)24(25,26)27)21-10-28-22(33-21)16-5-3-15(4-6-16)11-29-12-18(13-29)23(30)31/h3-10,14,18H,11-13H2,1-2H3,(H,30,31). The fourth-order valence-electron chi connectivity index (χ4n) is 3.67. The normalized spacial score (nSPS) is 15.0. The van der Waals surface area contributed by atoms with Crippen molar-refractivity contribution < 1.29 is 27.8 Å². The average Bonchev–Trinajstić information content (AvgIpc) is 3.20. The van der Waals surface area contributed by atoms with E-state index in [-0.39, 0.29) is 17.8 Å². The number of halogens is 3. The van der Waals surface area contributed by atoms with Crippen LogP contribution in [0.1, 0.15) is 25.0 Å². The number of rotatable bonds is 7. The molecule has 5 nitrogen and oxygen atoms in total. The topological polar surface area (TPSA) is 62.7 Å². The molecule has 1 fully saturated rings. The molecule has 33 heavy (non-hydrogen) atoms. The number of carboxylic acid groups (broad SMARTS) is 1. The van der Waals surface area contributed by atoms with Crippen molar-refractivity contribution >= 4 is 17.3 Å². The third-order valence-electron chi connectivity index (χ3n) is 5.35. The second-order valence-corrected chi connectivity index (χ2v) is 9.36. The lowest BCUT2D eigenvalue weighted by molar-refractivity contribution is -0.147. The molecule has 4 rings (SSSR count). The summed E-state index contributed by atoms with van der Waals surface area (Å²) < 4.78 is 46.0. The molecule has 174 valence electrons. The molecule has 1 N–H and O–H groups in total. The molecule has 2 aromatic carbocycles. The number of carbonyl (C=O) groups is 1. The van der Waals surface area contributed by atoms with Crippen LogP contribution in [0.15, 0.2) is 48.7 Å². The van der Waals surface area contributed by atoms with Gasteiger partial charge in [0.2, 0.25) is 0 Å². The number of hydrogen-bond acceptors (Lipinski definition) is 5. The Balaban J connectivity index is 1.49. The summed E-state index contributed by atoms with van der Waals surface area (Å²) in [5.74, 6) is -1.23.